The second kappa shape index (κ2) is 5.22. The van der Waals surface area contributed by atoms with Crippen LogP contribution in [0.5, 0.6) is 0 Å². The molecular weight excluding hydrogens is 266 g/mol. The van der Waals surface area contributed by atoms with Gasteiger partial charge >= 0.3 is 0 Å². The summed E-state index contributed by atoms with van der Waals surface area (Å²) in [6.07, 6.45) is 5.80. The van der Waals surface area contributed by atoms with E-state index >= 15 is 0 Å². The van der Waals surface area contributed by atoms with Crippen LogP contribution in [0.4, 0.5) is 0 Å². The van der Waals surface area contributed by atoms with Crippen molar-refractivity contribution < 1.29 is 13.5 Å². The topological polar surface area (TPSA) is 84.2 Å². The van der Waals surface area contributed by atoms with Crippen molar-refractivity contribution in [1.82, 2.24) is 14.3 Å². The first-order valence-electron chi connectivity index (χ1n) is 6.53. The third kappa shape index (κ3) is 2.98. The number of aliphatic hydroxyl groups is 1. The first kappa shape index (κ1) is 14.5. The van der Waals surface area contributed by atoms with Gasteiger partial charge in [-0.15, -0.1) is 0 Å². The summed E-state index contributed by atoms with van der Waals surface area (Å²) in [5.74, 6) is 0.641. The number of nitrogens with one attached hydrogen (secondary N) is 1. The number of rotatable bonds is 4. The van der Waals surface area contributed by atoms with E-state index in [2.05, 4.69) is 9.71 Å². The van der Waals surface area contributed by atoms with Gasteiger partial charge in [-0.05, 0) is 19.8 Å². The summed E-state index contributed by atoms with van der Waals surface area (Å²) >= 11 is 0. The maximum atomic E-state index is 12.3. The Balaban J connectivity index is 2.24. The molecule has 0 unspecified atom stereocenters. The molecule has 0 aliphatic heterocycles. The van der Waals surface area contributed by atoms with Gasteiger partial charge in [0.05, 0.1) is 12.1 Å². The molecule has 1 saturated carbocycles. The van der Waals surface area contributed by atoms with Crippen molar-refractivity contribution in [2.24, 2.45) is 7.05 Å². The van der Waals surface area contributed by atoms with Crippen molar-refractivity contribution in [1.29, 1.82) is 0 Å². The number of hydrogen-bond acceptors (Lipinski definition) is 4. The van der Waals surface area contributed by atoms with Gasteiger partial charge in [-0.1, -0.05) is 19.3 Å². The highest BCUT2D eigenvalue weighted by Gasteiger charge is 2.36. The summed E-state index contributed by atoms with van der Waals surface area (Å²) in [4.78, 5) is 4.04. The first-order valence-corrected chi connectivity index (χ1v) is 8.02. The van der Waals surface area contributed by atoms with Gasteiger partial charge in [0.2, 0.25) is 0 Å². The van der Waals surface area contributed by atoms with Crippen LogP contribution in [0, 0.1) is 6.92 Å². The zero-order valence-corrected chi connectivity index (χ0v) is 12.2. The van der Waals surface area contributed by atoms with Crippen LogP contribution in [0.1, 0.15) is 37.9 Å². The van der Waals surface area contributed by atoms with E-state index in [1.54, 1.807) is 18.5 Å². The zero-order chi connectivity index (χ0) is 14.1. The van der Waals surface area contributed by atoms with Crippen molar-refractivity contribution in [3.63, 3.8) is 0 Å². The van der Waals surface area contributed by atoms with Crippen molar-refractivity contribution in [3.8, 4) is 0 Å². The molecule has 108 valence electrons. The fourth-order valence-electron chi connectivity index (χ4n) is 2.51. The van der Waals surface area contributed by atoms with E-state index in [1.807, 2.05) is 0 Å². The Morgan fingerprint density at radius 3 is 2.53 bits per heavy atom. The van der Waals surface area contributed by atoms with Crippen LogP contribution in [0.25, 0.3) is 0 Å². The molecule has 1 aliphatic rings. The lowest BCUT2D eigenvalue weighted by Crippen LogP contribution is -2.52. The highest BCUT2D eigenvalue weighted by atomic mass is 32.2. The molecule has 1 aliphatic carbocycles. The number of sulfonamides is 1. The molecule has 1 aromatic heterocycles. The Labute approximate surface area is 113 Å². The monoisotopic (exact) mass is 287 g/mol. The number of nitrogens with zero attached hydrogens (tertiary/aromatic N) is 2. The molecule has 0 bridgehead atoms. The largest absolute Gasteiger partial charge is 0.394 e. The molecular formula is C12H21N3O3S. The van der Waals surface area contributed by atoms with Crippen molar-refractivity contribution in [2.45, 2.75) is 49.6 Å². The van der Waals surface area contributed by atoms with Crippen LogP contribution in [0.3, 0.4) is 0 Å². The quantitative estimate of drug-likeness (QED) is 0.854. The average Bonchev–Trinajstić information content (AvgIpc) is 2.71. The summed E-state index contributed by atoms with van der Waals surface area (Å²) in [7, 11) is -1.92. The number of aromatic nitrogens is 2. The number of imidazole rings is 1. The molecule has 1 fully saturated rings. The second-order valence-corrected chi connectivity index (χ2v) is 6.97. The Morgan fingerprint density at radius 2 is 2.05 bits per heavy atom. The van der Waals surface area contributed by atoms with Gasteiger partial charge in [-0.2, -0.15) is 0 Å². The van der Waals surface area contributed by atoms with Gasteiger partial charge in [-0.25, -0.2) is 18.1 Å². The third-order valence-electron chi connectivity index (χ3n) is 3.83. The maximum Gasteiger partial charge on any atom is 0.260 e. The molecule has 0 radical (unpaired) electrons. The molecule has 1 heterocycles. The standard InChI is InChI=1S/C12H21N3O3S/c1-10-13-11(8-15(10)2)19(17,18)14-12(9-16)6-4-3-5-7-12/h8,14,16H,3-7,9H2,1-2H3. The smallest absolute Gasteiger partial charge is 0.260 e. The molecule has 1 aromatic rings. The van der Waals surface area contributed by atoms with Crippen LogP contribution in [-0.2, 0) is 17.1 Å². The summed E-state index contributed by atoms with van der Waals surface area (Å²) < 4.78 is 29.0. The van der Waals surface area contributed by atoms with E-state index in [1.165, 1.54) is 6.20 Å². The summed E-state index contributed by atoms with van der Waals surface area (Å²) in [5.41, 5.74) is -0.720. The summed E-state index contributed by atoms with van der Waals surface area (Å²) in [6, 6.07) is 0. The molecule has 0 spiro atoms. The van der Waals surface area contributed by atoms with Crippen LogP contribution < -0.4 is 4.72 Å². The lowest BCUT2D eigenvalue weighted by Gasteiger charge is -2.35. The van der Waals surface area contributed by atoms with Gasteiger partial charge in [0, 0.05) is 13.2 Å². The summed E-state index contributed by atoms with van der Waals surface area (Å²) in [5, 5.41) is 9.58. The Kier molecular flexibility index (Phi) is 3.98. The Morgan fingerprint density at radius 1 is 1.42 bits per heavy atom. The van der Waals surface area contributed by atoms with Gasteiger partial charge in [0.1, 0.15) is 5.82 Å². The molecule has 0 aromatic carbocycles. The van der Waals surface area contributed by atoms with Crippen LogP contribution in [0.2, 0.25) is 0 Å². The molecule has 0 saturated heterocycles. The van der Waals surface area contributed by atoms with Gasteiger partial charge in [0.25, 0.3) is 10.0 Å². The minimum atomic E-state index is -3.67. The molecule has 2 N–H and O–H groups in total. The average molecular weight is 287 g/mol. The normalized spacial score (nSPS) is 19.5. The van der Waals surface area contributed by atoms with Crippen molar-refractivity contribution >= 4 is 10.0 Å². The van der Waals surface area contributed by atoms with E-state index in [9.17, 15) is 13.5 Å². The van der Waals surface area contributed by atoms with Crippen LogP contribution in [0.15, 0.2) is 11.2 Å². The number of aryl methyl sites for hydroxylation is 2. The molecule has 2 rings (SSSR count). The van der Waals surface area contributed by atoms with E-state index in [-0.39, 0.29) is 11.6 Å². The minimum Gasteiger partial charge on any atom is -0.394 e. The van der Waals surface area contributed by atoms with Crippen molar-refractivity contribution in [2.75, 3.05) is 6.61 Å². The van der Waals surface area contributed by atoms with E-state index in [4.69, 9.17) is 0 Å². The fraction of sp³-hybridized carbons (Fsp3) is 0.750. The SMILES string of the molecule is Cc1nc(S(=O)(=O)NC2(CO)CCCCC2)cn1C. The maximum absolute atomic E-state index is 12.3. The number of aliphatic hydroxyl groups excluding tert-OH is 1. The summed E-state index contributed by atoms with van der Waals surface area (Å²) in [6.45, 7) is 1.58. The predicted molar refractivity (Wildman–Crippen MR) is 71.2 cm³/mol. The Bertz CT molecular complexity index is 525. The highest BCUT2D eigenvalue weighted by Crippen LogP contribution is 2.29. The van der Waals surface area contributed by atoms with E-state index < -0.39 is 15.6 Å². The second-order valence-electron chi connectivity index (χ2n) is 5.34. The molecule has 6 nitrogen and oxygen atoms in total. The minimum absolute atomic E-state index is 0.0194. The first-order chi connectivity index (χ1) is 8.88. The van der Waals surface area contributed by atoms with Crippen molar-refractivity contribution in [3.05, 3.63) is 12.0 Å². The van der Waals surface area contributed by atoms with Crippen LogP contribution in [-0.4, -0.2) is 35.2 Å². The van der Waals surface area contributed by atoms with E-state index in [0.717, 1.165) is 19.3 Å². The molecule has 7 heteroatoms. The lowest BCUT2D eigenvalue weighted by atomic mass is 9.83. The van der Waals surface area contributed by atoms with Gasteiger partial charge in [0.15, 0.2) is 5.03 Å². The zero-order valence-electron chi connectivity index (χ0n) is 11.4. The third-order valence-corrected chi connectivity index (χ3v) is 5.28. The van der Waals surface area contributed by atoms with Gasteiger partial charge in [-0.3, -0.25) is 0 Å². The Hall–Kier alpha value is -0.920. The number of hydrogen-bond donors (Lipinski definition) is 2. The molecule has 0 amide bonds. The molecule has 19 heavy (non-hydrogen) atoms. The predicted octanol–water partition coefficient (Wildman–Crippen LogP) is 0.702. The van der Waals surface area contributed by atoms with E-state index in [0.29, 0.717) is 18.7 Å². The lowest BCUT2D eigenvalue weighted by molar-refractivity contribution is 0.142. The highest BCUT2D eigenvalue weighted by molar-refractivity contribution is 7.89. The molecule has 0 atom stereocenters. The fourth-order valence-corrected chi connectivity index (χ4v) is 4.01. The van der Waals surface area contributed by atoms with Crippen LogP contribution >= 0.6 is 0 Å². The van der Waals surface area contributed by atoms with Gasteiger partial charge < -0.3 is 9.67 Å².